The maximum atomic E-state index is 10.6. The minimum atomic E-state index is -0.426. The number of nitrogens with one attached hydrogen (secondary N) is 1. The van der Waals surface area contributed by atoms with Crippen LogP contribution in [0.15, 0.2) is 48.5 Å². The van der Waals surface area contributed by atoms with Crippen LogP contribution in [0.4, 0.5) is 17.2 Å². The number of fused-ring (bicyclic) bond motifs is 1. The normalized spacial score (nSPS) is 10.5. The number of nitro groups is 1. The summed E-state index contributed by atoms with van der Waals surface area (Å²) in [5.74, 6) is 0.641. The molecule has 6 heteroatoms. The average Bonchev–Trinajstić information content (AvgIpc) is 2.48. The van der Waals surface area contributed by atoms with E-state index in [2.05, 4.69) is 15.3 Å². The van der Waals surface area contributed by atoms with Crippen molar-refractivity contribution in [1.82, 2.24) is 9.97 Å². The molecule has 1 heterocycles. The van der Waals surface area contributed by atoms with Crippen LogP contribution >= 0.6 is 0 Å². The van der Waals surface area contributed by atoms with Crippen molar-refractivity contribution in [1.29, 1.82) is 0 Å². The van der Waals surface area contributed by atoms with Crippen LogP contribution in [-0.2, 0) is 0 Å². The fourth-order valence-electron chi connectivity index (χ4n) is 2.01. The van der Waals surface area contributed by atoms with Gasteiger partial charge >= 0.3 is 0 Å². The lowest BCUT2D eigenvalue weighted by atomic mass is 10.2. The molecule has 1 N–H and O–H groups in total. The van der Waals surface area contributed by atoms with E-state index in [1.807, 2.05) is 31.2 Å². The van der Waals surface area contributed by atoms with Gasteiger partial charge < -0.3 is 5.32 Å². The van der Waals surface area contributed by atoms with Gasteiger partial charge in [0.25, 0.3) is 5.69 Å². The van der Waals surface area contributed by atoms with Crippen LogP contribution < -0.4 is 5.32 Å². The van der Waals surface area contributed by atoms with E-state index in [-0.39, 0.29) is 5.69 Å². The largest absolute Gasteiger partial charge is 0.339 e. The van der Waals surface area contributed by atoms with Crippen molar-refractivity contribution in [2.24, 2.45) is 0 Å². The first-order valence-electron chi connectivity index (χ1n) is 6.38. The molecule has 3 aromatic rings. The molecule has 0 spiro atoms. The quantitative estimate of drug-likeness (QED) is 0.585. The average molecular weight is 280 g/mol. The number of para-hydroxylation sites is 2. The fraction of sp³-hybridized carbons (Fsp3) is 0.0667. The maximum Gasteiger partial charge on any atom is 0.269 e. The van der Waals surface area contributed by atoms with Crippen molar-refractivity contribution in [3.8, 4) is 0 Å². The summed E-state index contributed by atoms with van der Waals surface area (Å²) in [5.41, 5.74) is 3.19. The summed E-state index contributed by atoms with van der Waals surface area (Å²) in [6.07, 6.45) is 0. The lowest BCUT2D eigenvalue weighted by Gasteiger charge is -2.09. The zero-order valence-corrected chi connectivity index (χ0v) is 11.3. The monoisotopic (exact) mass is 280 g/mol. The van der Waals surface area contributed by atoms with E-state index in [9.17, 15) is 10.1 Å². The van der Waals surface area contributed by atoms with Gasteiger partial charge in [0.15, 0.2) is 5.82 Å². The summed E-state index contributed by atoms with van der Waals surface area (Å²) >= 11 is 0. The van der Waals surface area contributed by atoms with Gasteiger partial charge in [-0.25, -0.2) is 9.97 Å². The van der Waals surface area contributed by atoms with Gasteiger partial charge in [-0.05, 0) is 31.2 Å². The molecule has 0 saturated heterocycles. The maximum absolute atomic E-state index is 10.6. The summed E-state index contributed by atoms with van der Waals surface area (Å²) in [7, 11) is 0. The first-order valence-corrected chi connectivity index (χ1v) is 6.38. The number of anilines is 2. The Morgan fingerprint density at radius 1 is 1.00 bits per heavy atom. The zero-order valence-electron chi connectivity index (χ0n) is 11.3. The Morgan fingerprint density at radius 3 is 2.24 bits per heavy atom. The van der Waals surface area contributed by atoms with Crippen molar-refractivity contribution >= 4 is 28.2 Å². The molecule has 1 aromatic heterocycles. The summed E-state index contributed by atoms with van der Waals surface area (Å²) in [6.45, 7) is 1.87. The number of hydrogen-bond acceptors (Lipinski definition) is 5. The van der Waals surface area contributed by atoms with Gasteiger partial charge in [-0.1, -0.05) is 12.1 Å². The number of nitrogens with zero attached hydrogens (tertiary/aromatic N) is 3. The summed E-state index contributed by atoms with van der Waals surface area (Å²) < 4.78 is 0. The Morgan fingerprint density at radius 2 is 1.62 bits per heavy atom. The third kappa shape index (κ3) is 2.64. The predicted molar refractivity (Wildman–Crippen MR) is 80.7 cm³/mol. The molecule has 0 atom stereocenters. The molecule has 0 radical (unpaired) electrons. The Kier molecular flexibility index (Phi) is 3.19. The van der Waals surface area contributed by atoms with E-state index in [1.54, 1.807) is 12.1 Å². The lowest BCUT2D eigenvalue weighted by molar-refractivity contribution is -0.384. The highest BCUT2D eigenvalue weighted by molar-refractivity contribution is 5.77. The highest BCUT2D eigenvalue weighted by Gasteiger charge is 2.07. The Bertz CT molecular complexity index is 816. The van der Waals surface area contributed by atoms with Crippen LogP contribution in [0.3, 0.4) is 0 Å². The first kappa shape index (κ1) is 13.0. The van der Waals surface area contributed by atoms with Crippen LogP contribution in [0.5, 0.6) is 0 Å². The van der Waals surface area contributed by atoms with E-state index >= 15 is 0 Å². The molecule has 2 aromatic carbocycles. The number of benzene rings is 2. The molecule has 21 heavy (non-hydrogen) atoms. The second-order valence-corrected chi connectivity index (χ2v) is 4.58. The fourth-order valence-corrected chi connectivity index (χ4v) is 2.01. The second-order valence-electron chi connectivity index (χ2n) is 4.58. The van der Waals surface area contributed by atoms with Crippen molar-refractivity contribution in [3.63, 3.8) is 0 Å². The van der Waals surface area contributed by atoms with Crippen LogP contribution in [0, 0.1) is 17.0 Å². The van der Waals surface area contributed by atoms with E-state index in [4.69, 9.17) is 0 Å². The number of nitro benzene ring substituents is 1. The molecule has 0 fully saturated rings. The standard InChI is InChI=1S/C15H12N4O2/c1-10-15(18-14-5-3-2-4-13(14)16-10)17-11-6-8-12(9-7-11)19(20)21/h2-9H,1H3,(H,17,18). The number of aryl methyl sites for hydroxylation is 1. The predicted octanol–water partition coefficient (Wildman–Crippen LogP) is 3.59. The van der Waals surface area contributed by atoms with Gasteiger partial charge in [-0.2, -0.15) is 0 Å². The number of aromatic nitrogens is 2. The molecule has 0 amide bonds. The molecule has 104 valence electrons. The van der Waals surface area contributed by atoms with Gasteiger partial charge in [0.05, 0.1) is 21.7 Å². The van der Waals surface area contributed by atoms with E-state index < -0.39 is 4.92 Å². The van der Waals surface area contributed by atoms with E-state index in [1.165, 1.54) is 12.1 Å². The van der Waals surface area contributed by atoms with Crippen LogP contribution in [0.2, 0.25) is 0 Å². The van der Waals surface area contributed by atoms with Crippen molar-refractivity contribution in [3.05, 3.63) is 64.3 Å². The number of non-ortho nitro benzene ring substituents is 1. The highest BCUT2D eigenvalue weighted by Crippen LogP contribution is 2.22. The van der Waals surface area contributed by atoms with Gasteiger partial charge in [-0.3, -0.25) is 10.1 Å². The molecule has 6 nitrogen and oxygen atoms in total. The molecular formula is C15H12N4O2. The van der Waals surface area contributed by atoms with E-state index in [0.717, 1.165) is 22.4 Å². The van der Waals surface area contributed by atoms with Gasteiger partial charge in [-0.15, -0.1) is 0 Å². The molecule has 0 aliphatic rings. The van der Waals surface area contributed by atoms with Gasteiger partial charge in [0, 0.05) is 17.8 Å². The van der Waals surface area contributed by atoms with Gasteiger partial charge in [0.2, 0.25) is 0 Å². The summed E-state index contributed by atoms with van der Waals surface area (Å²) in [6, 6.07) is 13.8. The smallest absolute Gasteiger partial charge is 0.269 e. The molecular weight excluding hydrogens is 268 g/mol. The zero-order chi connectivity index (χ0) is 14.8. The minimum Gasteiger partial charge on any atom is -0.339 e. The van der Waals surface area contributed by atoms with Crippen LogP contribution in [-0.4, -0.2) is 14.9 Å². The topological polar surface area (TPSA) is 81.0 Å². The third-order valence-corrected chi connectivity index (χ3v) is 3.09. The molecule has 0 bridgehead atoms. The van der Waals surface area contributed by atoms with E-state index in [0.29, 0.717) is 5.82 Å². The number of rotatable bonds is 3. The van der Waals surface area contributed by atoms with Gasteiger partial charge in [0.1, 0.15) is 0 Å². The molecule has 0 saturated carbocycles. The molecule has 3 rings (SSSR count). The van der Waals surface area contributed by atoms with Crippen LogP contribution in [0.1, 0.15) is 5.69 Å². The molecule has 0 aliphatic carbocycles. The third-order valence-electron chi connectivity index (χ3n) is 3.09. The van der Waals surface area contributed by atoms with Crippen molar-refractivity contribution in [2.75, 3.05) is 5.32 Å². The Hall–Kier alpha value is -3.02. The lowest BCUT2D eigenvalue weighted by Crippen LogP contribution is -1.99. The van der Waals surface area contributed by atoms with Crippen molar-refractivity contribution < 1.29 is 4.92 Å². The summed E-state index contributed by atoms with van der Waals surface area (Å²) in [5, 5.41) is 13.8. The molecule has 0 unspecified atom stereocenters. The van der Waals surface area contributed by atoms with Crippen molar-refractivity contribution in [2.45, 2.75) is 6.92 Å². The van der Waals surface area contributed by atoms with Crippen LogP contribution in [0.25, 0.3) is 11.0 Å². The Labute approximate surface area is 120 Å². The second kappa shape index (κ2) is 5.16. The summed E-state index contributed by atoms with van der Waals surface area (Å²) in [4.78, 5) is 19.2. The minimum absolute atomic E-state index is 0.0573. The first-order chi connectivity index (χ1) is 10.1. The Balaban J connectivity index is 1.93. The highest BCUT2D eigenvalue weighted by atomic mass is 16.6. The number of hydrogen-bond donors (Lipinski definition) is 1. The molecule has 0 aliphatic heterocycles. The SMILES string of the molecule is Cc1nc2ccccc2nc1Nc1ccc([N+](=O)[O-])cc1.